The SMILES string of the molecule is O=C(NNc1ncnc(Oc2ccc3ccccc3c2)c1[N+](=O)[O-])c1ccc(Br)cc1. The van der Waals surface area contributed by atoms with E-state index in [1.54, 1.807) is 36.4 Å². The van der Waals surface area contributed by atoms with Crippen LogP contribution in [-0.4, -0.2) is 20.8 Å². The molecule has 1 heterocycles. The van der Waals surface area contributed by atoms with E-state index in [1.807, 2.05) is 30.3 Å². The van der Waals surface area contributed by atoms with Crippen molar-refractivity contribution in [3.63, 3.8) is 0 Å². The van der Waals surface area contributed by atoms with Gasteiger partial charge in [0.15, 0.2) is 0 Å². The average Bonchev–Trinajstić information content (AvgIpc) is 2.77. The van der Waals surface area contributed by atoms with Crippen LogP contribution in [0.25, 0.3) is 10.8 Å². The quantitative estimate of drug-likeness (QED) is 0.299. The van der Waals surface area contributed by atoms with Crippen molar-refractivity contribution in [3.8, 4) is 11.6 Å². The van der Waals surface area contributed by atoms with Gasteiger partial charge in [-0.2, -0.15) is 4.98 Å². The van der Waals surface area contributed by atoms with E-state index in [-0.39, 0.29) is 11.7 Å². The van der Waals surface area contributed by atoms with Gasteiger partial charge in [0.05, 0.1) is 4.92 Å². The second kappa shape index (κ2) is 8.76. The van der Waals surface area contributed by atoms with Crippen LogP contribution in [0.3, 0.4) is 0 Å². The van der Waals surface area contributed by atoms with Gasteiger partial charge in [0.2, 0.25) is 5.82 Å². The number of benzene rings is 3. The molecule has 1 aromatic heterocycles. The lowest BCUT2D eigenvalue weighted by molar-refractivity contribution is -0.385. The zero-order valence-corrected chi connectivity index (χ0v) is 17.4. The summed E-state index contributed by atoms with van der Waals surface area (Å²) < 4.78 is 6.49. The molecule has 31 heavy (non-hydrogen) atoms. The Balaban J connectivity index is 1.57. The predicted molar refractivity (Wildman–Crippen MR) is 118 cm³/mol. The molecule has 0 aliphatic heterocycles. The number of anilines is 1. The van der Waals surface area contributed by atoms with Crippen LogP contribution in [0.4, 0.5) is 11.5 Å². The molecule has 0 radical (unpaired) electrons. The van der Waals surface area contributed by atoms with Crippen molar-refractivity contribution < 1.29 is 14.5 Å². The number of hydrazine groups is 1. The maximum absolute atomic E-state index is 12.3. The number of nitrogens with zero attached hydrogens (tertiary/aromatic N) is 3. The molecule has 3 aromatic carbocycles. The molecule has 0 aliphatic carbocycles. The van der Waals surface area contributed by atoms with Crippen molar-refractivity contribution in [1.82, 2.24) is 15.4 Å². The van der Waals surface area contributed by atoms with Gasteiger partial charge in [-0.1, -0.05) is 46.3 Å². The first-order valence-electron chi connectivity index (χ1n) is 8.99. The number of hydrogen-bond donors (Lipinski definition) is 2. The zero-order valence-electron chi connectivity index (χ0n) is 15.8. The van der Waals surface area contributed by atoms with Crippen LogP contribution in [0.1, 0.15) is 10.4 Å². The normalized spacial score (nSPS) is 10.5. The molecule has 0 spiro atoms. The molecule has 4 rings (SSSR count). The second-order valence-electron chi connectivity index (χ2n) is 6.33. The van der Waals surface area contributed by atoms with Crippen molar-refractivity contribution in [1.29, 1.82) is 0 Å². The van der Waals surface area contributed by atoms with Gasteiger partial charge in [-0.15, -0.1) is 0 Å². The lowest BCUT2D eigenvalue weighted by Gasteiger charge is -2.11. The molecule has 0 aliphatic rings. The summed E-state index contributed by atoms with van der Waals surface area (Å²) in [6.45, 7) is 0. The highest BCUT2D eigenvalue weighted by Gasteiger charge is 2.25. The Hall–Kier alpha value is -4.05. The van der Waals surface area contributed by atoms with E-state index in [0.717, 1.165) is 21.6 Å². The number of aromatic nitrogens is 2. The second-order valence-corrected chi connectivity index (χ2v) is 7.25. The van der Waals surface area contributed by atoms with Crippen molar-refractivity contribution in [2.45, 2.75) is 0 Å². The topological polar surface area (TPSA) is 119 Å². The van der Waals surface area contributed by atoms with E-state index < -0.39 is 16.5 Å². The summed E-state index contributed by atoms with van der Waals surface area (Å²) in [5.74, 6) is -0.570. The van der Waals surface area contributed by atoms with Gasteiger partial charge < -0.3 is 4.74 Å². The smallest absolute Gasteiger partial charge is 0.374 e. The molecule has 0 atom stereocenters. The highest BCUT2D eigenvalue weighted by atomic mass is 79.9. The Morgan fingerprint density at radius 3 is 2.48 bits per heavy atom. The Labute approximate surface area is 184 Å². The first kappa shape index (κ1) is 20.2. The van der Waals surface area contributed by atoms with Crippen LogP contribution in [0.15, 0.2) is 77.5 Å². The van der Waals surface area contributed by atoms with Crippen LogP contribution in [0.2, 0.25) is 0 Å². The minimum atomic E-state index is -0.676. The third-order valence-electron chi connectivity index (χ3n) is 4.31. The largest absolute Gasteiger partial charge is 0.434 e. The summed E-state index contributed by atoms with van der Waals surface area (Å²) in [6.07, 6.45) is 1.11. The van der Waals surface area contributed by atoms with Crippen molar-refractivity contribution in [3.05, 3.63) is 93.2 Å². The van der Waals surface area contributed by atoms with E-state index in [4.69, 9.17) is 4.74 Å². The number of rotatable bonds is 6. The maximum Gasteiger partial charge on any atom is 0.374 e. The zero-order chi connectivity index (χ0) is 21.8. The maximum atomic E-state index is 12.3. The molecule has 10 heteroatoms. The molecule has 2 N–H and O–H groups in total. The number of carbonyl (C=O) groups is 1. The van der Waals surface area contributed by atoms with Gasteiger partial charge in [-0.05, 0) is 47.2 Å². The molecule has 0 saturated carbocycles. The summed E-state index contributed by atoms with van der Waals surface area (Å²) in [5, 5.41) is 13.6. The van der Waals surface area contributed by atoms with E-state index in [0.29, 0.717) is 11.3 Å². The predicted octanol–water partition coefficient (Wildman–Crippen LogP) is 4.85. The number of carbonyl (C=O) groups excluding carboxylic acids is 1. The molecule has 1 amide bonds. The molecule has 0 unspecified atom stereocenters. The third kappa shape index (κ3) is 4.59. The van der Waals surface area contributed by atoms with Gasteiger partial charge in [0.1, 0.15) is 12.1 Å². The Kier molecular flexibility index (Phi) is 5.72. The van der Waals surface area contributed by atoms with Crippen molar-refractivity contribution in [2.24, 2.45) is 0 Å². The highest BCUT2D eigenvalue weighted by molar-refractivity contribution is 9.10. The first-order chi connectivity index (χ1) is 15.0. The fourth-order valence-electron chi connectivity index (χ4n) is 2.83. The standard InChI is InChI=1S/C21H14BrN5O4/c22-16-8-5-14(6-9-16)20(28)26-25-19-18(27(29)30)21(24-12-23-19)31-17-10-7-13-3-1-2-4-15(13)11-17/h1-12H,(H,26,28)(H,23,24,25). The van der Waals surface area contributed by atoms with E-state index in [1.165, 1.54) is 0 Å². The minimum absolute atomic E-state index is 0.207. The Morgan fingerprint density at radius 2 is 1.74 bits per heavy atom. The molecule has 0 fully saturated rings. The monoisotopic (exact) mass is 479 g/mol. The number of halogens is 1. The van der Waals surface area contributed by atoms with Crippen LogP contribution in [0, 0.1) is 10.1 Å². The fourth-order valence-corrected chi connectivity index (χ4v) is 3.09. The number of amides is 1. The average molecular weight is 480 g/mol. The van der Waals surface area contributed by atoms with Crippen LogP contribution in [0.5, 0.6) is 11.6 Å². The van der Waals surface area contributed by atoms with Crippen molar-refractivity contribution >= 4 is 44.1 Å². The van der Waals surface area contributed by atoms with E-state index >= 15 is 0 Å². The number of ether oxygens (including phenoxy) is 1. The summed E-state index contributed by atoms with van der Waals surface area (Å²) >= 11 is 3.29. The van der Waals surface area contributed by atoms with E-state index in [2.05, 4.69) is 36.7 Å². The number of nitro groups is 1. The Bertz CT molecular complexity index is 1280. The first-order valence-corrected chi connectivity index (χ1v) is 9.78. The van der Waals surface area contributed by atoms with Gasteiger partial charge >= 0.3 is 11.6 Å². The van der Waals surface area contributed by atoms with Crippen LogP contribution in [-0.2, 0) is 0 Å². The van der Waals surface area contributed by atoms with Gasteiger partial charge in [-0.3, -0.25) is 25.8 Å². The minimum Gasteiger partial charge on any atom is -0.434 e. The summed E-state index contributed by atoms with van der Waals surface area (Å²) in [4.78, 5) is 31.1. The molecule has 9 nitrogen and oxygen atoms in total. The molecule has 0 bridgehead atoms. The molecule has 0 saturated heterocycles. The highest BCUT2D eigenvalue weighted by Crippen LogP contribution is 2.34. The number of nitrogens with one attached hydrogen (secondary N) is 2. The van der Waals surface area contributed by atoms with Crippen molar-refractivity contribution in [2.75, 3.05) is 5.43 Å². The van der Waals surface area contributed by atoms with Crippen LogP contribution >= 0.6 is 15.9 Å². The molecule has 154 valence electrons. The molecular formula is C21H14BrN5O4. The number of fused-ring (bicyclic) bond motifs is 1. The van der Waals surface area contributed by atoms with E-state index in [9.17, 15) is 14.9 Å². The summed E-state index contributed by atoms with van der Waals surface area (Å²) in [6, 6.07) is 19.6. The van der Waals surface area contributed by atoms with Gasteiger partial charge in [0, 0.05) is 10.0 Å². The number of hydrogen-bond acceptors (Lipinski definition) is 7. The fraction of sp³-hybridized carbons (Fsp3) is 0. The summed E-state index contributed by atoms with van der Waals surface area (Å²) in [7, 11) is 0. The lowest BCUT2D eigenvalue weighted by Crippen LogP contribution is -2.30. The van der Waals surface area contributed by atoms with Gasteiger partial charge in [-0.25, -0.2) is 4.98 Å². The lowest BCUT2D eigenvalue weighted by atomic mass is 10.1. The van der Waals surface area contributed by atoms with Crippen LogP contribution < -0.4 is 15.6 Å². The molecular weight excluding hydrogens is 466 g/mol. The molecule has 4 aromatic rings. The third-order valence-corrected chi connectivity index (χ3v) is 4.84. The Morgan fingerprint density at radius 1 is 1.00 bits per heavy atom. The summed E-state index contributed by atoms with van der Waals surface area (Å²) in [5.41, 5.74) is 4.72. The van der Waals surface area contributed by atoms with Gasteiger partial charge in [0.25, 0.3) is 5.91 Å².